The summed E-state index contributed by atoms with van der Waals surface area (Å²) in [6.45, 7) is 12.6. The van der Waals surface area contributed by atoms with Crippen molar-refractivity contribution in [3.63, 3.8) is 0 Å². The van der Waals surface area contributed by atoms with Crippen LogP contribution in [0, 0.1) is 6.92 Å². The molecule has 0 aromatic carbocycles. The fraction of sp³-hybridized carbons (Fsp3) is 0.167. The second-order valence-electron chi connectivity index (χ2n) is 1.38. The van der Waals surface area contributed by atoms with Crippen LogP contribution in [0.15, 0.2) is 24.3 Å². The highest BCUT2D eigenvalue weighted by atomic mass is 13.8. The maximum absolute atomic E-state index is 3.59. The average Bonchev–Trinajstić information content (AvgIpc) is 1.36. The number of hydrogen-bond donors (Lipinski definition) is 0. The van der Waals surface area contributed by atoms with Gasteiger partial charge in [0.25, 0.3) is 0 Å². The van der Waals surface area contributed by atoms with E-state index >= 15 is 0 Å². The first-order valence-electron chi connectivity index (χ1n) is 1.81. The normalized spacial score (nSPS) is 7.67. The topological polar surface area (TPSA) is 0 Å². The molecule has 0 amide bonds. The van der Waals surface area contributed by atoms with Crippen molar-refractivity contribution in [3.8, 4) is 0 Å². The van der Waals surface area contributed by atoms with Gasteiger partial charge in [-0.2, -0.15) is 0 Å². The molecule has 0 aliphatic heterocycles. The van der Waals surface area contributed by atoms with E-state index in [1.807, 2.05) is 6.92 Å². The molecule has 0 atom stereocenters. The van der Waals surface area contributed by atoms with Crippen LogP contribution >= 0.6 is 0 Å². The molecule has 0 bridgehead atoms. The Morgan fingerprint density at radius 1 is 1.33 bits per heavy atom. The van der Waals surface area contributed by atoms with E-state index in [9.17, 15) is 0 Å². The summed E-state index contributed by atoms with van der Waals surface area (Å²) in [7, 11) is 0. The van der Waals surface area contributed by atoms with Crippen molar-refractivity contribution in [2.45, 2.75) is 6.92 Å². The molecule has 0 spiro atoms. The molecular weight excluding hydrogens is 72.1 g/mol. The van der Waals surface area contributed by atoms with Gasteiger partial charge >= 0.3 is 0 Å². The molecule has 0 nitrogen and oxygen atoms in total. The number of rotatable bonds is 1. The number of allylic oxidation sites excluding steroid dienone is 2. The summed E-state index contributed by atoms with van der Waals surface area (Å²) in [6.07, 6.45) is 0. The van der Waals surface area contributed by atoms with Crippen LogP contribution < -0.4 is 0 Å². The quantitative estimate of drug-likeness (QED) is 0.423. The molecule has 0 saturated carbocycles. The van der Waals surface area contributed by atoms with Gasteiger partial charge in [-0.25, -0.2) is 0 Å². The Bertz CT molecular complexity index is 66.0. The van der Waals surface area contributed by atoms with Gasteiger partial charge in [0, 0.05) is 0 Å². The van der Waals surface area contributed by atoms with Gasteiger partial charge in [0.05, 0.1) is 0 Å². The lowest BCUT2D eigenvalue weighted by Crippen LogP contribution is -1.68. The van der Waals surface area contributed by atoms with Crippen LogP contribution in [0.5, 0.6) is 0 Å². The summed E-state index contributed by atoms with van der Waals surface area (Å²) in [5, 5.41) is 0. The Morgan fingerprint density at radius 2 is 1.50 bits per heavy atom. The molecule has 0 aromatic rings. The van der Waals surface area contributed by atoms with Gasteiger partial charge in [-0.1, -0.05) is 24.3 Å². The molecule has 0 saturated heterocycles. The van der Waals surface area contributed by atoms with Crippen LogP contribution in [-0.4, -0.2) is 0 Å². The van der Waals surface area contributed by atoms with Crippen LogP contribution in [0.3, 0.4) is 0 Å². The third-order valence-corrected chi connectivity index (χ3v) is 0.604. The molecule has 0 N–H and O–H groups in total. The third kappa shape index (κ3) is 1.77. The minimum Gasteiger partial charge on any atom is -0.0959 e. The zero-order valence-corrected chi connectivity index (χ0v) is 4.12. The van der Waals surface area contributed by atoms with E-state index < -0.39 is 0 Å². The van der Waals surface area contributed by atoms with E-state index in [0.29, 0.717) is 0 Å². The van der Waals surface area contributed by atoms with Crippen LogP contribution in [0.2, 0.25) is 0 Å². The number of hydrogen-bond acceptors (Lipinski definition) is 0. The molecule has 1 radical (unpaired) electrons. The molecule has 0 unspecified atom stereocenters. The first-order valence-corrected chi connectivity index (χ1v) is 1.81. The molecule has 0 rings (SSSR count). The summed E-state index contributed by atoms with van der Waals surface area (Å²) < 4.78 is 0. The van der Waals surface area contributed by atoms with Gasteiger partial charge < -0.3 is 0 Å². The Labute approximate surface area is 39.2 Å². The zero-order valence-electron chi connectivity index (χ0n) is 4.12. The minimum atomic E-state index is 0.815. The summed E-state index contributed by atoms with van der Waals surface area (Å²) in [5.41, 5.74) is 1.77. The fourth-order valence-electron chi connectivity index (χ4n) is 0. The van der Waals surface area contributed by atoms with E-state index in [1.165, 1.54) is 0 Å². The molecule has 33 valence electrons. The van der Waals surface area contributed by atoms with Gasteiger partial charge in [-0.05, 0) is 13.8 Å². The lowest BCUT2D eigenvalue weighted by Gasteiger charge is -1.88. The van der Waals surface area contributed by atoms with Crippen LogP contribution in [0.4, 0.5) is 0 Å². The Hall–Kier alpha value is -0.520. The Kier molecular flexibility index (Phi) is 1.65. The predicted octanol–water partition coefficient (Wildman–Crippen LogP) is 1.95. The maximum Gasteiger partial charge on any atom is -0.0242 e. The fourth-order valence-corrected chi connectivity index (χ4v) is 0. The summed E-state index contributed by atoms with van der Waals surface area (Å²) >= 11 is 0. The highest BCUT2D eigenvalue weighted by Crippen LogP contribution is 1.97. The molecule has 0 aliphatic rings. The second kappa shape index (κ2) is 1.81. The van der Waals surface area contributed by atoms with E-state index in [-0.39, 0.29) is 0 Å². The lowest BCUT2D eigenvalue weighted by molar-refractivity contribution is 1.48. The van der Waals surface area contributed by atoms with Crippen LogP contribution in [0.25, 0.3) is 0 Å². The van der Waals surface area contributed by atoms with Crippen molar-refractivity contribution in [3.05, 3.63) is 31.2 Å². The molecule has 0 fully saturated rings. The van der Waals surface area contributed by atoms with Gasteiger partial charge in [0.1, 0.15) is 0 Å². The summed E-state index contributed by atoms with van der Waals surface area (Å²) in [5.74, 6) is 0. The Balaban J connectivity index is 3.57. The average molecular weight is 81.1 g/mol. The molecular formula is C6H9. The largest absolute Gasteiger partial charge is 0.0959 e. The van der Waals surface area contributed by atoms with Crippen molar-refractivity contribution < 1.29 is 0 Å². The highest BCUT2D eigenvalue weighted by Gasteiger charge is 1.77. The first-order chi connectivity index (χ1) is 2.64. The van der Waals surface area contributed by atoms with Crippen molar-refractivity contribution in [2.24, 2.45) is 0 Å². The monoisotopic (exact) mass is 81.1 g/mol. The first kappa shape index (κ1) is 5.48. The van der Waals surface area contributed by atoms with Crippen molar-refractivity contribution in [2.75, 3.05) is 0 Å². The SMILES string of the molecule is [CH2]C(=C)C(=C)C. The van der Waals surface area contributed by atoms with Crippen molar-refractivity contribution in [1.82, 2.24) is 0 Å². The zero-order chi connectivity index (χ0) is 5.15. The van der Waals surface area contributed by atoms with Gasteiger partial charge in [-0.3, -0.25) is 0 Å². The predicted molar refractivity (Wildman–Crippen MR) is 29.3 cm³/mol. The lowest BCUT2D eigenvalue weighted by atomic mass is 10.2. The van der Waals surface area contributed by atoms with E-state index in [0.717, 1.165) is 11.1 Å². The van der Waals surface area contributed by atoms with Crippen LogP contribution in [0.1, 0.15) is 6.92 Å². The third-order valence-electron chi connectivity index (χ3n) is 0.604. The summed E-state index contributed by atoms with van der Waals surface area (Å²) in [4.78, 5) is 0. The van der Waals surface area contributed by atoms with Crippen molar-refractivity contribution >= 4 is 0 Å². The Morgan fingerprint density at radius 3 is 1.50 bits per heavy atom. The van der Waals surface area contributed by atoms with Gasteiger partial charge in [0.2, 0.25) is 0 Å². The molecule has 0 heterocycles. The smallest absolute Gasteiger partial charge is 0.0242 e. The standard InChI is InChI=1S/C6H9/c1-5(2)6(3)4/h1-3H2,4H3. The summed E-state index contributed by atoms with van der Waals surface area (Å²) in [6, 6.07) is 0. The molecule has 0 aromatic heterocycles. The maximum atomic E-state index is 3.59. The minimum absolute atomic E-state index is 0.815. The van der Waals surface area contributed by atoms with Gasteiger partial charge in [0.15, 0.2) is 0 Å². The van der Waals surface area contributed by atoms with E-state index in [4.69, 9.17) is 0 Å². The van der Waals surface area contributed by atoms with E-state index in [1.54, 1.807) is 0 Å². The second-order valence-corrected chi connectivity index (χ2v) is 1.38. The molecule has 0 aliphatic carbocycles. The molecule has 0 heteroatoms. The highest BCUT2D eigenvalue weighted by molar-refractivity contribution is 5.24. The van der Waals surface area contributed by atoms with Gasteiger partial charge in [-0.15, -0.1) is 0 Å². The molecule has 6 heavy (non-hydrogen) atoms. The van der Waals surface area contributed by atoms with E-state index in [2.05, 4.69) is 20.1 Å². The van der Waals surface area contributed by atoms with Crippen molar-refractivity contribution in [1.29, 1.82) is 0 Å². The van der Waals surface area contributed by atoms with Crippen LogP contribution in [-0.2, 0) is 0 Å².